The monoisotopic (exact) mass is 1540 g/mol. The van der Waals surface area contributed by atoms with Crippen molar-refractivity contribution in [2.75, 3.05) is 0 Å². The topological polar surface area (TPSA) is 120 Å². The number of furan rings is 4. The maximum atomic E-state index is 6.34. The maximum absolute atomic E-state index is 6.34. The summed E-state index contributed by atoms with van der Waals surface area (Å²) in [5.74, 6) is 0.540. The Morgan fingerprint density at radius 2 is 0.585 bits per heavy atom. The molecule has 0 bridgehead atoms. The lowest BCUT2D eigenvalue weighted by atomic mass is 9.94. The summed E-state index contributed by atoms with van der Waals surface area (Å²) in [6.07, 6.45) is 8.59. The molecule has 580 valence electrons. The van der Waals surface area contributed by atoms with Crippen LogP contribution in [-0.2, 0) is 28.2 Å². The summed E-state index contributed by atoms with van der Waals surface area (Å²) in [5.41, 5.74) is 38.8. The van der Waals surface area contributed by atoms with Crippen molar-refractivity contribution < 1.29 is 35.9 Å². The molecule has 12 heterocycles. The van der Waals surface area contributed by atoms with Gasteiger partial charge in [0.25, 0.3) is 0 Å². The first-order valence-electron chi connectivity index (χ1n) is 40.5. The van der Waals surface area contributed by atoms with E-state index >= 15 is 0 Å². The van der Waals surface area contributed by atoms with Gasteiger partial charge in [-0.05, 0) is 204 Å². The molecule has 0 N–H and O–H groups in total. The summed E-state index contributed by atoms with van der Waals surface area (Å²) in [6, 6.07) is 86.1. The van der Waals surface area contributed by atoms with E-state index in [1.54, 1.807) is 0 Å². The fourth-order valence-electron chi connectivity index (χ4n) is 16.4. The van der Waals surface area contributed by atoms with Crippen molar-refractivity contribution in [3.05, 3.63) is 335 Å². The first-order valence-corrected chi connectivity index (χ1v) is 40.5. The molecule has 12 aromatic heterocycles. The molecule has 20 rings (SSSR count). The van der Waals surface area contributed by atoms with Crippen molar-refractivity contribution in [1.82, 2.24) is 19.9 Å². The molecule has 0 amide bonds. The van der Waals surface area contributed by atoms with Crippen LogP contribution in [0.3, 0.4) is 0 Å². The molecular weight excluding hydrogens is 1450 g/mol. The van der Waals surface area contributed by atoms with E-state index in [2.05, 4.69) is 372 Å². The van der Waals surface area contributed by atoms with E-state index in [0.29, 0.717) is 28.8 Å². The molecule has 0 unspecified atom stereocenters. The highest BCUT2D eigenvalue weighted by molar-refractivity contribution is 6.12. The van der Waals surface area contributed by atoms with Crippen LogP contribution in [0.2, 0.25) is 0 Å². The molecular formula is C106H96N8O4+4. The van der Waals surface area contributed by atoms with Crippen LogP contribution in [-0.4, -0.2) is 19.9 Å². The SMILES string of the molecule is Cc1ccc(-c2cc[n+](C)c(-c3c(C)ccc4c3oc3nc(C)ccc34)c2)cc1.Cc1ccc(-c2ccc(-c3c(C)ccc4c3oc3nc(C)ccc34)[n+](C)c2)cc1.Cc1ccc(-c2ccc[n+](C)c2-c2c(C)ccc3c2oc2nc(C)ccc23)cc1.Cc1ccc2c(n1)oc1c(-c3ccc(-c4ccc(C(C)C)cc4)c[n+]3C)c(C)ccc12. The van der Waals surface area contributed by atoms with Gasteiger partial charge in [0.2, 0.25) is 45.6 Å². The summed E-state index contributed by atoms with van der Waals surface area (Å²) in [4.78, 5) is 18.4. The first kappa shape index (κ1) is 76.8. The molecule has 20 aromatic rings. The van der Waals surface area contributed by atoms with Crippen LogP contribution in [0.4, 0.5) is 0 Å². The summed E-state index contributed by atoms with van der Waals surface area (Å²) >= 11 is 0. The van der Waals surface area contributed by atoms with Gasteiger partial charge in [0.1, 0.15) is 28.2 Å². The lowest BCUT2D eigenvalue weighted by molar-refractivity contribution is -0.660. The largest absolute Gasteiger partial charge is 0.437 e. The van der Waals surface area contributed by atoms with Gasteiger partial charge in [-0.3, -0.25) is 0 Å². The Hall–Kier alpha value is -13.8. The Bertz CT molecular complexity index is 7310. The van der Waals surface area contributed by atoms with Gasteiger partial charge < -0.3 is 17.7 Å². The zero-order valence-corrected chi connectivity index (χ0v) is 70.2. The number of benzene rings is 8. The summed E-state index contributed by atoms with van der Waals surface area (Å²) in [6.45, 7) is 27.3. The van der Waals surface area contributed by atoms with Gasteiger partial charge in [0.05, 0.1) is 27.8 Å². The van der Waals surface area contributed by atoms with Gasteiger partial charge in [0, 0.05) is 107 Å². The van der Waals surface area contributed by atoms with Gasteiger partial charge in [-0.25, -0.2) is 38.2 Å². The number of hydrogen-bond acceptors (Lipinski definition) is 8. The Morgan fingerprint density at radius 3 is 0.958 bits per heavy atom. The maximum Gasteiger partial charge on any atom is 0.227 e. The third-order valence-corrected chi connectivity index (χ3v) is 23.1. The first-order chi connectivity index (χ1) is 57.0. The molecule has 0 radical (unpaired) electrons. The van der Waals surface area contributed by atoms with Gasteiger partial charge in [-0.2, -0.15) is 0 Å². The number of aromatic nitrogens is 8. The van der Waals surface area contributed by atoms with E-state index in [4.69, 9.17) is 17.7 Å². The fourth-order valence-corrected chi connectivity index (χ4v) is 16.4. The molecule has 118 heavy (non-hydrogen) atoms. The fraction of sp³-hybridized carbons (Fsp3) is 0.170. The highest BCUT2D eigenvalue weighted by Gasteiger charge is 2.29. The van der Waals surface area contributed by atoms with E-state index in [1.165, 1.54) is 89.0 Å². The summed E-state index contributed by atoms with van der Waals surface area (Å²) < 4.78 is 33.9. The number of fused-ring (bicyclic) bond motifs is 12. The van der Waals surface area contributed by atoms with Crippen molar-refractivity contribution in [3.63, 3.8) is 0 Å². The second kappa shape index (κ2) is 31.4. The summed E-state index contributed by atoms with van der Waals surface area (Å²) in [5, 5.41) is 8.66. The molecule has 0 saturated heterocycles. The number of pyridine rings is 8. The second-order valence-corrected chi connectivity index (χ2v) is 32.2. The van der Waals surface area contributed by atoms with Crippen LogP contribution in [0.25, 0.3) is 178 Å². The number of nitrogens with zero attached hydrogens (tertiary/aromatic N) is 8. The lowest BCUT2D eigenvalue weighted by Crippen LogP contribution is -2.31. The van der Waals surface area contributed by atoms with Crippen LogP contribution in [0, 0.1) is 76.2 Å². The zero-order chi connectivity index (χ0) is 82.1. The predicted octanol–water partition coefficient (Wildman–Crippen LogP) is 25.1. The Morgan fingerprint density at radius 1 is 0.263 bits per heavy atom. The minimum Gasteiger partial charge on any atom is -0.437 e. The van der Waals surface area contributed by atoms with E-state index in [9.17, 15) is 0 Å². The molecule has 0 aliphatic carbocycles. The minimum absolute atomic E-state index is 0.540. The minimum atomic E-state index is 0.540. The number of aryl methyl sites for hydroxylation is 15. The average Bonchev–Trinajstić information content (AvgIpc) is 1.60. The van der Waals surface area contributed by atoms with Crippen LogP contribution in [0.5, 0.6) is 0 Å². The Balaban J connectivity index is 0.000000113. The van der Waals surface area contributed by atoms with Gasteiger partial charge in [-0.15, -0.1) is 0 Å². The van der Waals surface area contributed by atoms with E-state index in [1.807, 2.05) is 52.0 Å². The standard InChI is InChI=1S/C28H27N2O.3C26H23N2O/c1-17(2)20-8-10-21(11-9-20)22-12-15-25(30(5)16-22)26-18(3)6-13-23-24-14-7-19(4)29-28(24)31-27(23)26;1-16-5-9-19(10-6-16)20-11-14-23(28(4)15-20)24-17(2)7-12-21-22-13-8-18(3)27-26(22)29-25(21)24;1-16-5-9-19(10-6-16)20-13-14-28(4)23(15-20)24-17(2)7-11-21-22-12-8-18(3)27-26(22)29-25(21)24;1-16-7-11-19(12-8-16)20-6-5-15-28(4)24(20)23-17(2)9-13-21-22-14-10-18(3)27-26(22)29-25(21)23/h6-17H,1-5H3;3*5-15H,1-4H3/q4*+1. The number of hydrogen-bond donors (Lipinski definition) is 0. The van der Waals surface area contributed by atoms with Crippen molar-refractivity contribution >= 4 is 88.3 Å². The highest BCUT2D eigenvalue weighted by atomic mass is 16.4. The quantitative estimate of drug-likeness (QED) is 0.131. The average molecular weight is 1550 g/mol. The van der Waals surface area contributed by atoms with E-state index in [0.717, 1.165) is 133 Å². The third kappa shape index (κ3) is 14.6. The van der Waals surface area contributed by atoms with Crippen LogP contribution in [0.1, 0.15) is 87.0 Å². The van der Waals surface area contributed by atoms with E-state index < -0.39 is 0 Å². The van der Waals surface area contributed by atoms with Gasteiger partial charge in [-0.1, -0.05) is 176 Å². The summed E-state index contributed by atoms with van der Waals surface area (Å²) in [7, 11) is 8.37. The van der Waals surface area contributed by atoms with Crippen molar-refractivity contribution in [1.29, 1.82) is 0 Å². The highest BCUT2D eigenvalue weighted by Crippen LogP contribution is 2.44. The van der Waals surface area contributed by atoms with Crippen LogP contribution in [0.15, 0.2) is 285 Å². The molecule has 0 aliphatic rings. The molecule has 8 aromatic carbocycles. The Kier molecular flexibility index (Phi) is 20.4. The third-order valence-electron chi connectivity index (χ3n) is 23.1. The zero-order valence-electron chi connectivity index (χ0n) is 70.2. The van der Waals surface area contributed by atoms with Crippen molar-refractivity contribution in [2.45, 2.75) is 95.9 Å². The van der Waals surface area contributed by atoms with Gasteiger partial charge in [0.15, 0.2) is 47.1 Å². The van der Waals surface area contributed by atoms with Crippen molar-refractivity contribution in [2.24, 2.45) is 28.2 Å². The lowest BCUT2D eigenvalue weighted by Gasteiger charge is -2.11. The van der Waals surface area contributed by atoms with Gasteiger partial charge >= 0.3 is 0 Å². The molecule has 0 fully saturated rings. The van der Waals surface area contributed by atoms with Crippen LogP contribution >= 0.6 is 0 Å². The molecule has 0 saturated carbocycles. The molecule has 0 aliphatic heterocycles. The smallest absolute Gasteiger partial charge is 0.227 e. The Labute approximate surface area is 688 Å². The predicted molar refractivity (Wildman–Crippen MR) is 480 cm³/mol. The van der Waals surface area contributed by atoms with Crippen LogP contribution < -0.4 is 18.3 Å². The normalized spacial score (nSPS) is 11.5. The molecule has 12 heteroatoms. The van der Waals surface area contributed by atoms with Crippen molar-refractivity contribution in [3.8, 4) is 89.5 Å². The number of rotatable bonds is 9. The molecule has 0 atom stereocenters. The second-order valence-electron chi connectivity index (χ2n) is 32.2. The molecule has 12 nitrogen and oxygen atoms in total. The van der Waals surface area contributed by atoms with E-state index in [-0.39, 0.29) is 0 Å². The molecule has 0 spiro atoms.